The van der Waals surface area contributed by atoms with Crippen molar-refractivity contribution in [1.29, 1.82) is 0 Å². The summed E-state index contributed by atoms with van der Waals surface area (Å²) < 4.78 is 5.03. The molecular formula is C11H20N2O2. The molecule has 15 heavy (non-hydrogen) atoms. The van der Waals surface area contributed by atoms with Gasteiger partial charge in [-0.3, -0.25) is 4.79 Å². The van der Waals surface area contributed by atoms with Crippen LogP contribution in [0.2, 0.25) is 0 Å². The van der Waals surface area contributed by atoms with E-state index in [0.717, 1.165) is 39.2 Å². The Morgan fingerprint density at radius 3 is 3.20 bits per heavy atom. The third kappa shape index (κ3) is 4.44. The molecule has 1 unspecified atom stereocenters. The van der Waals surface area contributed by atoms with E-state index in [4.69, 9.17) is 4.74 Å². The molecule has 0 aromatic heterocycles. The fraction of sp³-hybridized carbons (Fsp3) is 0.727. The van der Waals surface area contributed by atoms with Gasteiger partial charge in [-0.15, -0.1) is 0 Å². The predicted molar refractivity (Wildman–Crippen MR) is 59.6 cm³/mol. The molecule has 1 rings (SSSR count). The molecule has 1 N–H and O–H groups in total. The summed E-state index contributed by atoms with van der Waals surface area (Å²) in [5.74, 6) is 0.496. The van der Waals surface area contributed by atoms with E-state index < -0.39 is 0 Å². The van der Waals surface area contributed by atoms with Crippen LogP contribution in [0.3, 0.4) is 0 Å². The lowest BCUT2D eigenvalue weighted by Crippen LogP contribution is -2.30. The smallest absolute Gasteiger partial charge is 0.243 e. The quantitative estimate of drug-likeness (QED) is 0.642. The van der Waals surface area contributed by atoms with Crippen molar-refractivity contribution in [2.45, 2.75) is 6.42 Å². The maximum Gasteiger partial charge on any atom is 0.243 e. The molecule has 4 nitrogen and oxygen atoms in total. The number of amides is 1. The summed E-state index contributed by atoms with van der Waals surface area (Å²) in [4.78, 5) is 13.3. The van der Waals surface area contributed by atoms with Gasteiger partial charge in [-0.05, 0) is 25.0 Å². The monoisotopic (exact) mass is 212 g/mol. The second-order valence-electron chi connectivity index (χ2n) is 3.90. The number of methoxy groups -OCH3 is 1. The minimum atomic E-state index is -0.0784. The summed E-state index contributed by atoms with van der Waals surface area (Å²) in [6.45, 7) is 8.12. The molecule has 0 aromatic carbocycles. The van der Waals surface area contributed by atoms with Crippen LogP contribution in [-0.4, -0.2) is 50.7 Å². The highest BCUT2D eigenvalue weighted by Crippen LogP contribution is 2.14. The van der Waals surface area contributed by atoms with E-state index in [1.54, 1.807) is 7.11 Å². The highest BCUT2D eigenvalue weighted by atomic mass is 16.5. The number of hydrogen-bond acceptors (Lipinski definition) is 3. The van der Waals surface area contributed by atoms with Crippen LogP contribution in [0.5, 0.6) is 0 Å². The highest BCUT2D eigenvalue weighted by Gasteiger charge is 2.21. The molecule has 1 saturated heterocycles. The Labute approximate surface area is 91.3 Å². The molecule has 0 aliphatic carbocycles. The number of hydrogen-bond donors (Lipinski definition) is 1. The van der Waals surface area contributed by atoms with Gasteiger partial charge < -0.3 is 15.0 Å². The lowest BCUT2D eigenvalue weighted by Gasteiger charge is -2.15. The molecule has 0 radical (unpaired) electrons. The van der Waals surface area contributed by atoms with Gasteiger partial charge in [-0.25, -0.2) is 0 Å². The Balaban J connectivity index is 2.13. The van der Waals surface area contributed by atoms with Crippen molar-refractivity contribution in [3.8, 4) is 0 Å². The van der Waals surface area contributed by atoms with E-state index in [-0.39, 0.29) is 5.91 Å². The Bertz CT molecular complexity index is 219. The molecule has 0 aromatic rings. The first-order valence-corrected chi connectivity index (χ1v) is 5.37. The topological polar surface area (TPSA) is 41.6 Å². The predicted octanol–water partition coefficient (Wildman–Crippen LogP) is 0.257. The molecule has 0 bridgehead atoms. The normalized spacial score (nSPS) is 21.5. The van der Waals surface area contributed by atoms with E-state index in [9.17, 15) is 4.79 Å². The Hall–Kier alpha value is -0.870. The minimum Gasteiger partial charge on any atom is -0.383 e. The van der Waals surface area contributed by atoms with Crippen LogP contribution < -0.4 is 5.32 Å². The zero-order chi connectivity index (χ0) is 11.1. The van der Waals surface area contributed by atoms with Crippen molar-refractivity contribution in [1.82, 2.24) is 10.2 Å². The molecule has 86 valence electrons. The first kappa shape index (κ1) is 12.2. The number of carbonyl (C=O) groups excluding carboxylic acids is 1. The van der Waals surface area contributed by atoms with E-state index in [2.05, 4.69) is 16.8 Å². The molecule has 1 heterocycles. The molecule has 0 spiro atoms. The van der Waals surface area contributed by atoms with Crippen molar-refractivity contribution >= 4 is 5.91 Å². The number of ether oxygens (including phenoxy) is 1. The standard InChI is InChI=1S/C11H20N2O2/c1-3-11(14)12-8-10-4-5-13(9-10)6-7-15-2/h3,10H,1,4-9H2,2H3,(H,12,14). The van der Waals surface area contributed by atoms with Crippen molar-refractivity contribution in [3.63, 3.8) is 0 Å². The van der Waals surface area contributed by atoms with Gasteiger partial charge in [0.15, 0.2) is 0 Å². The molecule has 4 heteroatoms. The summed E-state index contributed by atoms with van der Waals surface area (Å²) in [5.41, 5.74) is 0. The summed E-state index contributed by atoms with van der Waals surface area (Å²) in [5, 5.41) is 2.84. The number of carbonyl (C=O) groups is 1. The van der Waals surface area contributed by atoms with Gasteiger partial charge >= 0.3 is 0 Å². The van der Waals surface area contributed by atoms with Crippen LogP contribution in [-0.2, 0) is 9.53 Å². The Morgan fingerprint density at radius 2 is 2.53 bits per heavy atom. The van der Waals surface area contributed by atoms with Crippen LogP contribution in [0, 0.1) is 5.92 Å². The maximum atomic E-state index is 11.0. The number of nitrogens with one attached hydrogen (secondary N) is 1. The second kappa shape index (κ2) is 6.58. The number of nitrogens with zero attached hydrogens (tertiary/aromatic N) is 1. The van der Waals surface area contributed by atoms with E-state index in [1.807, 2.05) is 0 Å². The van der Waals surface area contributed by atoms with Gasteiger partial charge in [-0.1, -0.05) is 6.58 Å². The SMILES string of the molecule is C=CC(=O)NCC1CCN(CCOC)C1. The largest absolute Gasteiger partial charge is 0.383 e. The van der Waals surface area contributed by atoms with Crippen LogP contribution in [0.4, 0.5) is 0 Å². The summed E-state index contributed by atoms with van der Waals surface area (Å²) in [6.07, 6.45) is 2.47. The molecule has 1 atom stereocenters. The van der Waals surface area contributed by atoms with Crippen molar-refractivity contribution in [3.05, 3.63) is 12.7 Å². The van der Waals surface area contributed by atoms with Crippen molar-refractivity contribution in [2.24, 2.45) is 5.92 Å². The second-order valence-corrected chi connectivity index (χ2v) is 3.90. The lowest BCUT2D eigenvalue weighted by atomic mass is 10.1. The van der Waals surface area contributed by atoms with E-state index in [0.29, 0.717) is 5.92 Å². The summed E-state index contributed by atoms with van der Waals surface area (Å²) >= 11 is 0. The van der Waals surface area contributed by atoms with E-state index >= 15 is 0 Å². The highest BCUT2D eigenvalue weighted by molar-refractivity contribution is 5.86. The van der Waals surface area contributed by atoms with Crippen LogP contribution in [0.1, 0.15) is 6.42 Å². The third-order valence-corrected chi connectivity index (χ3v) is 2.73. The fourth-order valence-corrected chi connectivity index (χ4v) is 1.82. The average molecular weight is 212 g/mol. The van der Waals surface area contributed by atoms with Crippen LogP contribution in [0.15, 0.2) is 12.7 Å². The zero-order valence-electron chi connectivity index (χ0n) is 9.37. The van der Waals surface area contributed by atoms with Gasteiger partial charge in [0.25, 0.3) is 0 Å². The molecule has 0 saturated carbocycles. The van der Waals surface area contributed by atoms with Crippen LogP contribution >= 0.6 is 0 Å². The third-order valence-electron chi connectivity index (χ3n) is 2.73. The average Bonchev–Trinajstić information content (AvgIpc) is 2.71. The molecular weight excluding hydrogens is 192 g/mol. The Morgan fingerprint density at radius 1 is 1.73 bits per heavy atom. The van der Waals surface area contributed by atoms with Gasteiger partial charge in [0, 0.05) is 26.7 Å². The number of rotatable bonds is 6. The van der Waals surface area contributed by atoms with Crippen LogP contribution in [0.25, 0.3) is 0 Å². The van der Waals surface area contributed by atoms with E-state index in [1.165, 1.54) is 6.08 Å². The zero-order valence-corrected chi connectivity index (χ0v) is 9.37. The molecule has 1 fully saturated rings. The first-order chi connectivity index (χ1) is 7.26. The van der Waals surface area contributed by atoms with Gasteiger partial charge in [0.1, 0.15) is 0 Å². The van der Waals surface area contributed by atoms with Crippen molar-refractivity contribution in [2.75, 3.05) is 39.9 Å². The fourth-order valence-electron chi connectivity index (χ4n) is 1.82. The summed E-state index contributed by atoms with van der Waals surface area (Å²) in [7, 11) is 1.72. The van der Waals surface area contributed by atoms with Crippen molar-refractivity contribution < 1.29 is 9.53 Å². The molecule has 1 aliphatic rings. The Kier molecular flexibility index (Phi) is 5.36. The number of likely N-dealkylation sites (tertiary alicyclic amines) is 1. The molecule has 1 amide bonds. The van der Waals surface area contributed by atoms with Gasteiger partial charge in [0.05, 0.1) is 6.61 Å². The minimum absolute atomic E-state index is 0.0784. The van der Waals surface area contributed by atoms with Gasteiger partial charge in [-0.2, -0.15) is 0 Å². The summed E-state index contributed by atoms with van der Waals surface area (Å²) in [6, 6.07) is 0. The lowest BCUT2D eigenvalue weighted by molar-refractivity contribution is -0.116. The molecule has 1 aliphatic heterocycles. The first-order valence-electron chi connectivity index (χ1n) is 5.37. The maximum absolute atomic E-state index is 11.0. The van der Waals surface area contributed by atoms with Gasteiger partial charge in [0.2, 0.25) is 5.91 Å².